The summed E-state index contributed by atoms with van der Waals surface area (Å²) in [6.07, 6.45) is 13.9. The third kappa shape index (κ3) is 19.2. The molecule has 8 rings (SSSR count). The van der Waals surface area contributed by atoms with E-state index in [2.05, 4.69) is 39.8 Å². The van der Waals surface area contributed by atoms with Crippen LogP contribution in [0.15, 0.2) is 97.1 Å². The molecule has 1 amide bonds. The van der Waals surface area contributed by atoms with E-state index in [1.807, 2.05) is 111 Å². The second-order valence-corrected chi connectivity index (χ2v) is 21.9. The van der Waals surface area contributed by atoms with Gasteiger partial charge in [-0.05, 0) is 61.8 Å². The Morgan fingerprint density at radius 2 is 0.988 bits per heavy atom. The number of hydrogen-bond donors (Lipinski definition) is 1. The predicted octanol–water partition coefficient (Wildman–Crippen LogP) is 13.2. The van der Waals surface area contributed by atoms with Gasteiger partial charge >= 0.3 is 11.9 Å². The van der Waals surface area contributed by atoms with Gasteiger partial charge in [0.25, 0.3) is 0 Å². The first-order valence-corrected chi connectivity index (χ1v) is 31.4. The fourth-order valence-electron chi connectivity index (χ4n) is 10.7. The Labute approximate surface area is 507 Å². The van der Waals surface area contributed by atoms with E-state index in [0.717, 1.165) is 120 Å². The number of ketones is 3. The zero-order valence-electron chi connectivity index (χ0n) is 51.0. The molecule has 0 spiro atoms. The highest BCUT2D eigenvalue weighted by Crippen LogP contribution is 2.43. The lowest BCUT2D eigenvalue weighted by Crippen LogP contribution is -2.31. The summed E-state index contributed by atoms with van der Waals surface area (Å²) in [5.41, 5.74) is 9.74. The number of nitrogens with one attached hydrogen (secondary N) is 1. The smallest absolute Gasteiger partial charge is 0.305 e. The Kier molecular flexibility index (Phi) is 27.3. The van der Waals surface area contributed by atoms with Crippen LogP contribution in [0.2, 0.25) is 0 Å². The first-order chi connectivity index (χ1) is 42.1. The van der Waals surface area contributed by atoms with Gasteiger partial charge in [-0.2, -0.15) is 0 Å². The molecular weight excluding hydrogens is 1090 g/mol. The van der Waals surface area contributed by atoms with Crippen LogP contribution in [0, 0.1) is 0 Å². The highest BCUT2D eigenvalue weighted by molar-refractivity contribution is 6.00. The van der Waals surface area contributed by atoms with Gasteiger partial charge in [-0.1, -0.05) is 162 Å². The van der Waals surface area contributed by atoms with E-state index in [0.29, 0.717) is 109 Å². The molecule has 460 valence electrons. The maximum Gasteiger partial charge on any atom is 0.305 e. The lowest BCUT2D eigenvalue weighted by atomic mass is 9.89. The molecule has 0 saturated carbocycles. The van der Waals surface area contributed by atoms with E-state index in [-0.39, 0.29) is 61.3 Å². The number of carbonyl (C=O) groups is 6. The van der Waals surface area contributed by atoms with Crippen molar-refractivity contribution >= 4 is 46.6 Å². The standard InChI is InChI=1S/2C34H44N4O5/c1-3-5-6-7-19-31(41)43-24-21-38-34-27-15-9-8-14-26(27)32(30(40)18-12-13-25(39)20-23-42-22-4-2)35-29-17-11-10-16-28(29)33(34)36-37-38;1-3-5-6-7-19-32(41)43-24-21-38-34-28-15-9-8-13-26(28)25-37(30-17-11-10-16-29(30)33(34)35-36-38)31(40)18-12-14-27(39)20-23-42-22-4-2/h8-11,14-17,32,35H,3-7,12-13,18-24H2,1-2H3;8-11,13,15-17H,3-7,12,14,18-25H2,1-2H3. The van der Waals surface area contributed by atoms with Gasteiger partial charge in [-0.25, -0.2) is 9.36 Å². The molecule has 0 aliphatic carbocycles. The molecule has 0 radical (unpaired) electrons. The summed E-state index contributed by atoms with van der Waals surface area (Å²) in [6.45, 7) is 12.0. The third-order valence-corrected chi connectivity index (χ3v) is 15.2. The van der Waals surface area contributed by atoms with Gasteiger partial charge in [0.15, 0.2) is 5.78 Å². The van der Waals surface area contributed by atoms with Gasteiger partial charge in [0.2, 0.25) is 5.91 Å². The van der Waals surface area contributed by atoms with Gasteiger partial charge in [0, 0.05) is 92.5 Å². The Morgan fingerprint density at radius 3 is 1.59 bits per heavy atom. The minimum Gasteiger partial charge on any atom is -0.464 e. The summed E-state index contributed by atoms with van der Waals surface area (Å²) in [5.74, 6) is -0.194. The Balaban J connectivity index is 0.000000246. The maximum atomic E-state index is 13.7. The fraction of sp³-hybridized carbons (Fsp3) is 0.500. The lowest BCUT2D eigenvalue weighted by Gasteiger charge is -2.28. The van der Waals surface area contributed by atoms with E-state index in [1.54, 1.807) is 14.3 Å². The molecule has 6 aromatic rings. The number of carbonyl (C=O) groups excluding carboxylic acids is 6. The van der Waals surface area contributed by atoms with Crippen LogP contribution in [0.1, 0.15) is 173 Å². The molecule has 1 atom stereocenters. The lowest BCUT2D eigenvalue weighted by molar-refractivity contribution is -0.145. The average Bonchev–Trinajstić information content (AvgIpc) is 1.70. The van der Waals surface area contributed by atoms with Crippen LogP contribution in [0.4, 0.5) is 11.4 Å². The molecule has 4 heterocycles. The summed E-state index contributed by atoms with van der Waals surface area (Å²) in [5, 5.41) is 21.5. The Bertz CT molecular complexity index is 3150. The molecule has 0 saturated heterocycles. The van der Waals surface area contributed by atoms with E-state index >= 15 is 0 Å². The fourth-order valence-corrected chi connectivity index (χ4v) is 10.7. The van der Waals surface area contributed by atoms with E-state index < -0.39 is 6.04 Å². The Hall–Kier alpha value is -7.70. The zero-order valence-corrected chi connectivity index (χ0v) is 51.0. The molecule has 4 aromatic carbocycles. The van der Waals surface area contributed by atoms with E-state index in [9.17, 15) is 28.8 Å². The van der Waals surface area contributed by atoms with Crippen LogP contribution in [0.25, 0.3) is 45.0 Å². The second kappa shape index (κ2) is 35.7. The summed E-state index contributed by atoms with van der Waals surface area (Å²) in [6, 6.07) is 30.6. The summed E-state index contributed by atoms with van der Waals surface area (Å²) >= 11 is 0. The summed E-state index contributed by atoms with van der Waals surface area (Å²) in [7, 11) is 0. The monoisotopic (exact) mass is 1180 g/mol. The van der Waals surface area contributed by atoms with Crippen molar-refractivity contribution in [3.05, 3.63) is 108 Å². The highest BCUT2D eigenvalue weighted by Gasteiger charge is 2.32. The first kappa shape index (κ1) is 65.8. The number of Topliss-reactive ketones (excluding diaryl/α,β-unsaturated/α-hetero) is 3. The molecule has 1 N–H and O–H groups in total. The van der Waals surface area contributed by atoms with Crippen LogP contribution in [0.5, 0.6) is 0 Å². The number of esters is 2. The molecule has 2 aliphatic rings. The molecule has 18 heteroatoms. The van der Waals surface area contributed by atoms with Crippen molar-refractivity contribution in [2.75, 3.05) is 49.9 Å². The van der Waals surface area contributed by atoms with Crippen molar-refractivity contribution in [3.63, 3.8) is 0 Å². The van der Waals surface area contributed by atoms with Crippen LogP contribution >= 0.6 is 0 Å². The van der Waals surface area contributed by atoms with E-state index in [4.69, 9.17) is 18.9 Å². The number of ether oxygens (including phenoxy) is 4. The van der Waals surface area contributed by atoms with Crippen molar-refractivity contribution in [2.45, 2.75) is 182 Å². The number of rotatable bonds is 35. The van der Waals surface area contributed by atoms with E-state index in [1.165, 1.54) is 0 Å². The number of amides is 1. The first-order valence-electron chi connectivity index (χ1n) is 31.4. The molecular formula is C68H88N8O10. The largest absolute Gasteiger partial charge is 0.464 e. The number of unbranched alkanes of at least 4 members (excludes halogenated alkanes) is 6. The normalized spacial score (nSPS) is 12.8. The van der Waals surface area contributed by atoms with Crippen molar-refractivity contribution in [3.8, 4) is 45.0 Å². The average molecular weight is 1180 g/mol. The van der Waals surface area contributed by atoms with Gasteiger partial charge in [-0.3, -0.25) is 28.8 Å². The third-order valence-electron chi connectivity index (χ3n) is 15.2. The molecule has 86 heavy (non-hydrogen) atoms. The summed E-state index contributed by atoms with van der Waals surface area (Å²) in [4.78, 5) is 78.3. The van der Waals surface area contributed by atoms with Crippen molar-refractivity contribution < 1.29 is 47.7 Å². The van der Waals surface area contributed by atoms with Gasteiger partial charge in [0.05, 0.1) is 49.9 Å². The number of hydrogen-bond acceptors (Lipinski definition) is 15. The van der Waals surface area contributed by atoms with Crippen LogP contribution in [-0.4, -0.2) is 105 Å². The summed E-state index contributed by atoms with van der Waals surface area (Å²) < 4.78 is 25.5. The van der Waals surface area contributed by atoms with Gasteiger partial charge in [0.1, 0.15) is 42.2 Å². The van der Waals surface area contributed by atoms with Crippen LogP contribution in [-0.2, 0) is 67.3 Å². The molecule has 18 nitrogen and oxygen atoms in total. The van der Waals surface area contributed by atoms with Crippen molar-refractivity contribution in [1.29, 1.82) is 0 Å². The predicted molar refractivity (Wildman–Crippen MR) is 333 cm³/mol. The number of anilines is 2. The van der Waals surface area contributed by atoms with Crippen molar-refractivity contribution in [2.24, 2.45) is 0 Å². The highest BCUT2D eigenvalue weighted by atomic mass is 16.5. The number of fused-ring (bicyclic) bond motifs is 10. The molecule has 2 aromatic heterocycles. The zero-order chi connectivity index (χ0) is 60.9. The minimum atomic E-state index is -0.613. The molecule has 0 bridgehead atoms. The Morgan fingerprint density at radius 1 is 0.477 bits per heavy atom. The van der Waals surface area contributed by atoms with Crippen LogP contribution < -0.4 is 10.2 Å². The molecule has 2 aliphatic heterocycles. The number of para-hydroxylation sites is 2. The number of nitrogens with zero attached hydrogens (tertiary/aromatic N) is 7. The molecule has 0 fully saturated rings. The van der Waals surface area contributed by atoms with Gasteiger partial charge < -0.3 is 29.2 Å². The SMILES string of the molecule is CCCCCCC(=O)OCCn1nnc2c1-c1ccccc1C(C(=O)CCCC(=O)CCOCCC)Nc1ccccc1-2.CCCCCCC(=O)OCCn1nnc2c1-c1ccccc1CN(C(=O)CCCC(=O)CCOCCC)c1ccccc1-2. The van der Waals surface area contributed by atoms with Crippen molar-refractivity contribution in [1.82, 2.24) is 30.0 Å². The van der Waals surface area contributed by atoms with Crippen LogP contribution in [0.3, 0.4) is 0 Å². The van der Waals surface area contributed by atoms with Gasteiger partial charge in [-0.15, -0.1) is 10.2 Å². The second-order valence-electron chi connectivity index (χ2n) is 21.9. The molecule has 1 unspecified atom stereocenters. The number of aromatic nitrogens is 6. The maximum absolute atomic E-state index is 13.7. The quantitative estimate of drug-likeness (QED) is 0.0289. The minimum absolute atomic E-state index is 0.0109. The number of benzene rings is 4. The topological polar surface area (TPSA) is 216 Å².